The van der Waals surface area contributed by atoms with Gasteiger partial charge in [-0.25, -0.2) is 0 Å². The smallest absolute Gasteiger partial charge is 0.197 e. The second kappa shape index (κ2) is 16.4. The maximum atomic E-state index is 7.07. The summed E-state index contributed by atoms with van der Waals surface area (Å²) in [6, 6.07) is 0. The lowest BCUT2D eigenvalue weighted by Crippen LogP contribution is -2.42. The Morgan fingerprint density at radius 2 is 0.857 bits per heavy atom. The molecule has 21 heavy (non-hydrogen) atoms. The van der Waals surface area contributed by atoms with Crippen LogP contribution in [0.4, 0.5) is 0 Å². The van der Waals surface area contributed by atoms with E-state index in [4.69, 9.17) is 33.1 Å². The topological polar surface area (TPSA) is 178 Å². The number of halogens is 3. The van der Waals surface area contributed by atoms with Gasteiger partial charge in [0.05, 0.1) is 0 Å². The SMILES string of the molecule is CN(C)C(=N)NC(=N)N.CN(C)C(=N)NC(=N)N.Cl.Cl.Cl. The van der Waals surface area contributed by atoms with Crippen molar-refractivity contribution in [3.05, 3.63) is 0 Å². The lowest BCUT2D eigenvalue weighted by molar-refractivity contribution is 0.599. The Labute approximate surface area is 143 Å². The van der Waals surface area contributed by atoms with E-state index in [1.165, 1.54) is 9.80 Å². The second-order valence-electron chi connectivity index (χ2n) is 3.56. The number of hydrogen-bond acceptors (Lipinski definition) is 4. The molecule has 0 aromatic carbocycles. The van der Waals surface area contributed by atoms with Gasteiger partial charge in [-0.05, 0) is 0 Å². The van der Waals surface area contributed by atoms with Crippen LogP contribution in [0.5, 0.6) is 0 Å². The molecule has 13 heteroatoms. The van der Waals surface area contributed by atoms with E-state index in [-0.39, 0.29) is 61.1 Å². The van der Waals surface area contributed by atoms with Gasteiger partial charge < -0.3 is 21.3 Å². The van der Waals surface area contributed by atoms with Crippen molar-refractivity contribution in [3.63, 3.8) is 0 Å². The summed E-state index contributed by atoms with van der Waals surface area (Å²) < 4.78 is 0. The van der Waals surface area contributed by atoms with Gasteiger partial charge in [-0.2, -0.15) is 0 Å². The van der Waals surface area contributed by atoms with Crippen LogP contribution in [0.3, 0.4) is 0 Å². The van der Waals surface area contributed by atoms with Gasteiger partial charge in [-0.15, -0.1) is 37.2 Å². The van der Waals surface area contributed by atoms with E-state index in [1.807, 2.05) is 0 Å². The van der Waals surface area contributed by atoms with Gasteiger partial charge in [0, 0.05) is 28.2 Å². The standard InChI is InChI=1S/2C4H11N5.3ClH/c2*1-9(2)4(7)8-3(5)6;;;/h2*1-2H3,(H5,5,6,7,8);3*1H. The van der Waals surface area contributed by atoms with Crippen molar-refractivity contribution < 1.29 is 0 Å². The summed E-state index contributed by atoms with van der Waals surface area (Å²) in [5.41, 5.74) is 9.87. The first-order valence-electron chi connectivity index (χ1n) is 4.81. The monoisotopic (exact) mass is 366 g/mol. The van der Waals surface area contributed by atoms with Crippen molar-refractivity contribution in [2.45, 2.75) is 0 Å². The molecule has 0 unspecified atom stereocenters. The van der Waals surface area contributed by atoms with Gasteiger partial charge in [0.25, 0.3) is 0 Å². The molecule has 10 nitrogen and oxygen atoms in total. The Morgan fingerprint density at radius 3 is 0.905 bits per heavy atom. The average Bonchev–Trinajstić information content (AvgIpc) is 2.16. The fourth-order valence-electron chi connectivity index (χ4n) is 0.479. The highest BCUT2D eigenvalue weighted by Crippen LogP contribution is 1.70. The Bertz CT molecular complexity index is 298. The van der Waals surface area contributed by atoms with E-state index in [0.29, 0.717) is 0 Å². The highest BCUT2D eigenvalue weighted by molar-refractivity contribution is 5.95. The van der Waals surface area contributed by atoms with E-state index < -0.39 is 0 Å². The Hall–Kier alpha value is -1.65. The number of nitrogens with zero attached hydrogens (tertiary/aromatic N) is 2. The summed E-state index contributed by atoms with van der Waals surface area (Å²) in [7, 11) is 6.77. The molecule has 0 bridgehead atoms. The van der Waals surface area contributed by atoms with E-state index >= 15 is 0 Å². The number of nitrogens with two attached hydrogens (primary N) is 2. The first kappa shape index (κ1) is 31.6. The molecule has 10 N–H and O–H groups in total. The molecule has 0 atom stereocenters. The zero-order valence-electron chi connectivity index (χ0n) is 12.3. The lowest BCUT2D eigenvalue weighted by atomic mass is 10.8. The number of hydrogen-bond donors (Lipinski definition) is 8. The summed E-state index contributed by atoms with van der Waals surface area (Å²) in [6.07, 6.45) is 0. The molecule has 0 heterocycles. The predicted molar refractivity (Wildman–Crippen MR) is 94.7 cm³/mol. The molecular formula is C8H25Cl3N10. The molecule has 0 aromatic heterocycles. The Balaban J connectivity index is -0.0000000711. The molecule has 0 saturated carbocycles. The van der Waals surface area contributed by atoms with Crippen molar-refractivity contribution in [2.75, 3.05) is 28.2 Å². The highest BCUT2D eigenvalue weighted by Gasteiger charge is 1.96. The van der Waals surface area contributed by atoms with Crippen LogP contribution in [0.25, 0.3) is 0 Å². The molecule has 0 rings (SSSR count). The minimum atomic E-state index is -0.214. The zero-order chi connectivity index (χ0) is 14.9. The van der Waals surface area contributed by atoms with E-state index in [2.05, 4.69) is 10.6 Å². The summed E-state index contributed by atoms with van der Waals surface area (Å²) in [4.78, 5) is 3.03. The normalized spacial score (nSPS) is 7.05. The first-order valence-corrected chi connectivity index (χ1v) is 4.81. The quantitative estimate of drug-likeness (QED) is 0.205. The second-order valence-corrected chi connectivity index (χ2v) is 3.56. The molecule has 0 saturated heterocycles. The minimum absolute atomic E-state index is 0. The van der Waals surface area contributed by atoms with Crippen molar-refractivity contribution in [1.82, 2.24) is 20.4 Å². The number of rotatable bonds is 0. The third-order valence-corrected chi connectivity index (χ3v) is 1.40. The van der Waals surface area contributed by atoms with Crippen molar-refractivity contribution in [3.8, 4) is 0 Å². The molecule has 0 spiro atoms. The van der Waals surface area contributed by atoms with Crippen LogP contribution in [0.15, 0.2) is 0 Å². The summed E-state index contributed by atoms with van der Waals surface area (Å²) >= 11 is 0. The highest BCUT2D eigenvalue weighted by atomic mass is 35.5. The van der Waals surface area contributed by atoms with Crippen LogP contribution < -0.4 is 22.1 Å². The molecule has 0 aliphatic heterocycles. The van der Waals surface area contributed by atoms with Crippen LogP contribution in [-0.4, -0.2) is 61.8 Å². The number of nitrogens with one attached hydrogen (secondary N) is 6. The van der Waals surface area contributed by atoms with E-state index in [0.717, 1.165) is 0 Å². The van der Waals surface area contributed by atoms with E-state index in [9.17, 15) is 0 Å². The van der Waals surface area contributed by atoms with Crippen molar-refractivity contribution in [1.29, 1.82) is 21.6 Å². The summed E-state index contributed by atoms with van der Waals surface area (Å²) in [5.74, 6) is -0.201. The third-order valence-electron chi connectivity index (χ3n) is 1.40. The van der Waals surface area contributed by atoms with Crippen molar-refractivity contribution in [2.24, 2.45) is 11.5 Å². The summed E-state index contributed by atoms with van der Waals surface area (Å²) in [5, 5.41) is 32.2. The third kappa shape index (κ3) is 23.8. The Kier molecular flexibility index (Phi) is 24.7. The molecule has 0 aliphatic carbocycles. The minimum Gasteiger partial charge on any atom is -0.370 e. The predicted octanol–water partition coefficient (Wildman–Crippen LogP) is -0.803. The fraction of sp³-hybridized carbons (Fsp3) is 0.500. The molecule has 0 amide bonds. The largest absolute Gasteiger partial charge is 0.370 e. The molecule has 0 aromatic rings. The average molecular weight is 368 g/mol. The Morgan fingerprint density at radius 1 is 0.667 bits per heavy atom. The number of guanidine groups is 4. The van der Waals surface area contributed by atoms with Crippen molar-refractivity contribution >= 4 is 61.1 Å². The maximum Gasteiger partial charge on any atom is 0.197 e. The molecule has 0 radical (unpaired) electrons. The molecule has 0 fully saturated rings. The lowest BCUT2D eigenvalue weighted by Gasteiger charge is -2.13. The van der Waals surface area contributed by atoms with Gasteiger partial charge in [0.1, 0.15) is 0 Å². The van der Waals surface area contributed by atoms with Crippen LogP contribution in [0.1, 0.15) is 0 Å². The molecule has 128 valence electrons. The molecule has 0 aliphatic rings. The first-order chi connectivity index (χ1) is 8.07. The van der Waals surface area contributed by atoms with Crippen LogP contribution in [0, 0.1) is 21.6 Å². The van der Waals surface area contributed by atoms with Gasteiger partial charge >= 0.3 is 0 Å². The van der Waals surface area contributed by atoms with Gasteiger partial charge in [0.2, 0.25) is 0 Å². The maximum absolute atomic E-state index is 7.07. The van der Waals surface area contributed by atoms with Crippen LogP contribution >= 0.6 is 37.2 Å². The van der Waals surface area contributed by atoms with Gasteiger partial charge in [0.15, 0.2) is 23.8 Å². The van der Waals surface area contributed by atoms with Gasteiger partial charge in [-0.3, -0.25) is 32.3 Å². The summed E-state index contributed by atoms with van der Waals surface area (Å²) in [6.45, 7) is 0. The zero-order valence-corrected chi connectivity index (χ0v) is 14.7. The van der Waals surface area contributed by atoms with Gasteiger partial charge in [-0.1, -0.05) is 0 Å². The molecular weight excluding hydrogens is 343 g/mol. The van der Waals surface area contributed by atoms with E-state index in [1.54, 1.807) is 28.2 Å². The fourth-order valence-corrected chi connectivity index (χ4v) is 0.479. The van der Waals surface area contributed by atoms with Crippen LogP contribution in [0.2, 0.25) is 0 Å². The van der Waals surface area contributed by atoms with Crippen LogP contribution in [-0.2, 0) is 0 Å².